The number of para-hydroxylation sites is 1. The van der Waals surface area contributed by atoms with E-state index in [-0.39, 0.29) is 0 Å². The Morgan fingerprint density at radius 3 is 2.78 bits per heavy atom. The number of thiophene rings is 1. The highest BCUT2D eigenvalue weighted by atomic mass is 32.1. The number of hydrogen-bond donors (Lipinski definition) is 3. The molecule has 0 unspecified atom stereocenters. The Balaban J connectivity index is 2.01. The number of amides is 1. The number of primary amides is 1. The van der Waals surface area contributed by atoms with Gasteiger partial charge in [0.1, 0.15) is 0 Å². The van der Waals surface area contributed by atoms with Crippen LogP contribution in [0, 0.1) is 0 Å². The van der Waals surface area contributed by atoms with Crippen LogP contribution in [0.2, 0.25) is 0 Å². The molecule has 2 aromatic rings. The lowest BCUT2D eigenvalue weighted by atomic mass is 10.1. The van der Waals surface area contributed by atoms with Crippen LogP contribution in [0.1, 0.15) is 15.2 Å². The first-order valence-electron chi connectivity index (χ1n) is 5.63. The number of rotatable bonds is 5. The molecule has 4 nitrogen and oxygen atoms in total. The lowest BCUT2D eigenvalue weighted by Gasteiger charge is -2.10. The summed E-state index contributed by atoms with van der Waals surface area (Å²) in [6.45, 7) is 0.771. The Bertz CT molecular complexity index is 537. The van der Waals surface area contributed by atoms with E-state index >= 15 is 0 Å². The summed E-state index contributed by atoms with van der Waals surface area (Å²) >= 11 is 1.72. The standard InChI is InChI=1S/C13H15N3OS/c14-12-10(13(15)17)4-1-5-11(12)16-7-6-9-3-2-8-18-9/h1-5,8,16H,6-7,14H2,(H2,15,17). The fourth-order valence-corrected chi connectivity index (χ4v) is 2.42. The molecule has 0 spiro atoms. The van der Waals surface area contributed by atoms with Crippen LogP contribution < -0.4 is 16.8 Å². The van der Waals surface area contributed by atoms with Crippen LogP contribution in [0.3, 0.4) is 0 Å². The lowest BCUT2D eigenvalue weighted by molar-refractivity contribution is 0.100. The van der Waals surface area contributed by atoms with Crippen LogP contribution in [0.15, 0.2) is 35.7 Å². The second-order valence-electron chi connectivity index (χ2n) is 3.89. The molecule has 5 N–H and O–H groups in total. The van der Waals surface area contributed by atoms with Gasteiger partial charge in [-0.25, -0.2) is 0 Å². The van der Waals surface area contributed by atoms with Crippen molar-refractivity contribution in [2.75, 3.05) is 17.6 Å². The van der Waals surface area contributed by atoms with Gasteiger partial charge in [0.25, 0.3) is 5.91 Å². The van der Waals surface area contributed by atoms with Crippen LogP contribution in [0.4, 0.5) is 11.4 Å². The molecule has 1 heterocycles. The highest BCUT2D eigenvalue weighted by Gasteiger charge is 2.08. The van der Waals surface area contributed by atoms with Gasteiger partial charge in [-0.1, -0.05) is 12.1 Å². The number of benzene rings is 1. The largest absolute Gasteiger partial charge is 0.396 e. The van der Waals surface area contributed by atoms with Crippen LogP contribution in [-0.4, -0.2) is 12.5 Å². The molecule has 0 aliphatic carbocycles. The summed E-state index contributed by atoms with van der Waals surface area (Å²) < 4.78 is 0. The molecule has 0 aliphatic rings. The van der Waals surface area contributed by atoms with E-state index in [1.807, 2.05) is 12.1 Å². The smallest absolute Gasteiger partial charge is 0.250 e. The SMILES string of the molecule is NC(=O)c1cccc(NCCc2cccs2)c1N. The second kappa shape index (κ2) is 5.55. The summed E-state index contributed by atoms with van der Waals surface area (Å²) in [5.74, 6) is -0.505. The van der Waals surface area contributed by atoms with E-state index in [2.05, 4.69) is 16.8 Å². The van der Waals surface area contributed by atoms with E-state index in [1.165, 1.54) is 4.88 Å². The van der Waals surface area contributed by atoms with Crippen molar-refractivity contribution in [1.82, 2.24) is 0 Å². The maximum Gasteiger partial charge on any atom is 0.250 e. The normalized spacial score (nSPS) is 10.2. The molecule has 1 aromatic carbocycles. The molecule has 94 valence electrons. The summed E-state index contributed by atoms with van der Waals surface area (Å²) in [4.78, 5) is 12.5. The summed E-state index contributed by atoms with van der Waals surface area (Å²) in [6, 6.07) is 9.36. The second-order valence-corrected chi connectivity index (χ2v) is 4.92. The summed E-state index contributed by atoms with van der Waals surface area (Å²) in [6.07, 6.45) is 0.928. The molecule has 0 saturated heterocycles. The number of nitrogens with one attached hydrogen (secondary N) is 1. The number of anilines is 2. The van der Waals surface area contributed by atoms with Gasteiger partial charge in [-0.15, -0.1) is 11.3 Å². The van der Waals surface area contributed by atoms with Crippen molar-refractivity contribution >= 4 is 28.6 Å². The molecular weight excluding hydrogens is 246 g/mol. The minimum absolute atomic E-state index is 0.358. The van der Waals surface area contributed by atoms with Crippen molar-refractivity contribution in [3.05, 3.63) is 46.2 Å². The fraction of sp³-hybridized carbons (Fsp3) is 0.154. The van der Waals surface area contributed by atoms with Crippen molar-refractivity contribution in [2.24, 2.45) is 5.73 Å². The highest BCUT2D eigenvalue weighted by Crippen LogP contribution is 2.22. The monoisotopic (exact) mass is 261 g/mol. The molecule has 0 bridgehead atoms. The minimum Gasteiger partial charge on any atom is -0.396 e. The van der Waals surface area contributed by atoms with Gasteiger partial charge in [-0.05, 0) is 30.0 Å². The summed E-state index contributed by atoms with van der Waals surface area (Å²) in [7, 11) is 0. The molecule has 1 amide bonds. The van der Waals surface area contributed by atoms with E-state index in [1.54, 1.807) is 23.5 Å². The molecule has 0 aliphatic heterocycles. The third kappa shape index (κ3) is 2.81. The molecule has 18 heavy (non-hydrogen) atoms. The predicted octanol–water partition coefficient (Wildman–Crippen LogP) is 2.08. The molecule has 0 atom stereocenters. The van der Waals surface area contributed by atoms with Gasteiger partial charge >= 0.3 is 0 Å². The topological polar surface area (TPSA) is 81.1 Å². The molecule has 1 aromatic heterocycles. The highest BCUT2D eigenvalue weighted by molar-refractivity contribution is 7.09. The zero-order valence-electron chi connectivity index (χ0n) is 9.85. The fourth-order valence-electron chi connectivity index (χ4n) is 1.71. The zero-order chi connectivity index (χ0) is 13.0. The average Bonchev–Trinajstić information content (AvgIpc) is 2.84. The van der Waals surface area contributed by atoms with Crippen LogP contribution in [0.25, 0.3) is 0 Å². The molecule has 2 rings (SSSR count). The third-order valence-corrected chi connectivity index (χ3v) is 3.57. The summed E-state index contributed by atoms with van der Waals surface area (Å²) in [5.41, 5.74) is 12.7. The van der Waals surface area contributed by atoms with E-state index in [9.17, 15) is 4.79 Å². The number of hydrogen-bond acceptors (Lipinski definition) is 4. The minimum atomic E-state index is -0.505. The number of nitrogen functional groups attached to an aromatic ring is 1. The van der Waals surface area contributed by atoms with E-state index in [4.69, 9.17) is 11.5 Å². The van der Waals surface area contributed by atoms with Crippen LogP contribution >= 0.6 is 11.3 Å². The Kier molecular flexibility index (Phi) is 3.84. The summed E-state index contributed by atoms with van der Waals surface area (Å²) in [5, 5.41) is 5.27. The zero-order valence-corrected chi connectivity index (χ0v) is 10.7. The van der Waals surface area contributed by atoms with E-state index in [0.29, 0.717) is 11.3 Å². The predicted molar refractivity (Wildman–Crippen MR) is 75.9 cm³/mol. The first-order chi connectivity index (χ1) is 8.68. The maximum atomic E-state index is 11.2. The van der Waals surface area contributed by atoms with Gasteiger partial charge in [-0.3, -0.25) is 4.79 Å². The van der Waals surface area contributed by atoms with Gasteiger partial charge < -0.3 is 16.8 Å². The lowest BCUT2D eigenvalue weighted by Crippen LogP contribution is -2.15. The first-order valence-corrected chi connectivity index (χ1v) is 6.51. The van der Waals surface area contributed by atoms with Crippen molar-refractivity contribution in [1.29, 1.82) is 0 Å². The van der Waals surface area contributed by atoms with Crippen molar-refractivity contribution in [3.63, 3.8) is 0 Å². The van der Waals surface area contributed by atoms with Gasteiger partial charge in [0, 0.05) is 11.4 Å². The van der Waals surface area contributed by atoms with Crippen LogP contribution in [0.5, 0.6) is 0 Å². The van der Waals surface area contributed by atoms with Gasteiger partial charge in [0.2, 0.25) is 0 Å². The molecule has 0 saturated carbocycles. The molecule has 5 heteroatoms. The van der Waals surface area contributed by atoms with Crippen molar-refractivity contribution in [3.8, 4) is 0 Å². The Hall–Kier alpha value is -2.01. The van der Waals surface area contributed by atoms with E-state index < -0.39 is 5.91 Å². The van der Waals surface area contributed by atoms with Crippen molar-refractivity contribution in [2.45, 2.75) is 6.42 Å². The first kappa shape index (κ1) is 12.4. The van der Waals surface area contributed by atoms with Gasteiger partial charge in [0.05, 0.1) is 16.9 Å². The maximum absolute atomic E-state index is 11.2. The van der Waals surface area contributed by atoms with Gasteiger partial charge in [0.15, 0.2) is 0 Å². The molecular formula is C13H15N3OS. The molecule has 0 radical (unpaired) electrons. The van der Waals surface area contributed by atoms with Crippen LogP contribution in [-0.2, 0) is 6.42 Å². The Morgan fingerprint density at radius 1 is 1.28 bits per heavy atom. The van der Waals surface area contributed by atoms with E-state index in [0.717, 1.165) is 18.7 Å². The average molecular weight is 261 g/mol. The Morgan fingerprint density at radius 2 is 2.11 bits per heavy atom. The number of nitrogens with two attached hydrogens (primary N) is 2. The molecule has 0 fully saturated rings. The number of carbonyl (C=O) groups excluding carboxylic acids is 1. The number of carbonyl (C=O) groups is 1. The van der Waals surface area contributed by atoms with Crippen molar-refractivity contribution < 1.29 is 4.79 Å². The third-order valence-electron chi connectivity index (χ3n) is 2.64. The quantitative estimate of drug-likeness (QED) is 0.721. The Labute approximate surface area is 110 Å². The van der Waals surface area contributed by atoms with Gasteiger partial charge in [-0.2, -0.15) is 0 Å².